The van der Waals surface area contributed by atoms with Crippen LogP contribution in [0.2, 0.25) is 0 Å². The van der Waals surface area contributed by atoms with E-state index in [1.165, 1.54) is 23.9 Å². The van der Waals surface area contributed by atoms with Crippen molar-refractivity contribution in [2.24, 2.45) is 0 Å². The van der Waals surface area contributed by atoms with E-state index in [1.807, 2.05) is 0 Å². The smallest absolute Gasteiger partial charge is 0.806 e. The number of sulfonamides is 1. The van der Waals surface area contributed by atoms with Crippen LogP contribution in [0, 0.1) is 0 Å². The van der Waals surface area contributed by atoms with E-state index in [4.69, 9.17) is 0 Å². The van der Waals surface area contributed by atoms with E-state index in [2.05, 4.69) is 20.7 Å². The number of thioether (sulfide) groups is 1. The first kappa shape index (κ1) is 35.2. The molecule has 0 saturated carbocycles. The number of nitrogens with zero attached hydrogens (tertiary/aromatic N) is 1. The van der Waals surface area contributed by atoms with Crippen molar-refractivity contribution < 1.29 is 120 Å². The zero-order chi connectivity index (χ0) is 21.2. The maximum Gasteiger partial charge on any atom is 1.00 e. The van der Waals surface area contributed by atoms with E-state index in [1.54, 1.807) is 24.3 Å². The molecule has 0 spiro atoms. The van der Waals surface area contributed by atoms with Crippen LogP contribution in [-0.2, 0) is 31.8 Å². The van der Waals surface area contributed by atoms with Gasteiger partial charge >= 0.3 is 88.7 Å². The summed E-state index contributed by atoms with van der Waals surface area (Å²) in [6.45, 7) is 0. The monoisotopic (exact) mass is 581 g/mol. The Balaban J connectivity index is 0. The molecule has 2 aromatic rings. The van der Waals surface area contributed by atoms with Crippen molar-refractivity contribution in [3.8, 4) is 0 Å². The summed E-state index contributed by atoms with van der Waals surface area (Å²) in [5.74, 6) is 0.934. The SMILES string of the molecule is CS(=O)(=O)[N-]c1cccc(CSCc2ccc(C(F)(F)P(=O)([O-])[O-])c(Br)c2)c1.[Na+].[Na+].[Na+]. The Morgan fingerprint density at radius 3 is 2.10 bits per heavy atom. The third kappa shape index (κ3) is 11.1. The molecule has 0 atom stereocenters. The van der Waals surface area contributed by atoms with Crippen LogP contribution in [0.5, 0.6) is 0 Å². The van der Waals surface area contributed by atoms with E-state index in [0.717, 1.165) is 17.9 Å². The second-order valence-electron chi connectivity index (χ2n) is 5.84. The zero-order valence-corrected chi connectivity index (χ0v) is 27.5. The summed E-state index contributed by atoms with van der Waals surface area (Å²) in [5, 5.41) is 0. The Morgan fingerprint density at radius 2 is 1.61 bits per heavy atom. The first-order valence-electron chi connectivity index (χ1n) is 7.58. The number of rotatable bonds is 8. The van der Waals surface area contributed by atoms with Gasteiger partial charge in [0.1, 0.15) is 0 Å². The maximum atomic E-state index is 13.7. The fourth-order valence-electron chi connectivity index (χ4n) is 2.22. The van der Waals surface area contributed by atoms with Gasteiger partial charge < -0.3 is 19.1 Å². The predicted molar refractivity (Wildman–Crippen MR) is 105 cm³/mol. The molecular weight excluding hydrogens is 568 g/mol. The molecule has 154 valence electrons. The molecule has 31 heavy (non-hydrogen) atoms. The summed E-state index contributed by atoms with van der Waals surface area (Å²) in [4.78, 5) is 21.6. The van der Waals surface area contributed by atoms with E-state index in [-0.39, 0.29) is 93.1 Å². The van der Waals surface area contributed by atoms with Gasteiger partial charge in [0, 0.05) is 35.4 Å². The van der Waals surface area contributed by atoms with Gasteiger partial charge in [0.15, 0.2) is 0 Å². The van der Waals surface area contributed by atoms with Gasteiger partial charge in [-0.05, 0) is 17.2 Å². The number of alkyl halides is 2. The minimum atomic E-state index is -6.13. The molecule has 0 heterocycles. The zero-order valence-electron chi connectivity index (χ0n) is 17.3. The molecule has 6 nitrogen and oxygen atoms in total. The summed E-state index contributed by atoms with van der Waals surface area (Å²) >= 11 is 4.33. The quantitative estimate of drug-likeness (QED) is 0.228. The van der Waals surface area contributed by atoms with Crippen molar-refractivity contribution in [3.63, 3.8) is 0 Å². The topological polar surface area (TPSA) is 111 Å². The molecule has 0 unspecified atom stereocenters. The Kier molecular flexibility index (Phi) is 16.5. The largest absolute Gasteiger partial charge is 1.00 e. The standard InChI is InChI=1S/C16H16BrF2NO5PS2.3Na/c1-28(24,25)20-13-4-2-3-11(7-13)9-27-10-12-5-6-14(15(17)8-12)16(18,19)26(21,22)23;;;/h2-8H,9-10H2,1H3,(H2,21,22,23);;;/q-1;3*+1/p-2. The molecule has 0 radical (unpaired) electrons. The van der Waals surface area contributed by atoms with Gasteiger partial charge in [-0.15, -0.1) is 5.69 Å². The molecule has 0 amide bonds. The summed E-state index contributed by atoms with van der Waals surface area (Å²) < 4.78 is 64.1. The van der Waals surface area contributed by atoms with Crippen LogP contribution in [0.15, 0.2) is 46.9 Å². The molecule has 0 bridgehead atoms. The Labute approximate surface area is 259 Å². The first-order valence-corrected chi connectivity index (χ1v) is 12.9. The fourth-order valence-corrected chi connectivity index (χ4v) is 4.97. The van der Waals surface area contributed by atoms with Gasteiger partial charge in [-0.3, -0.25) is 0 Å². The summed E-state index contributed by atoms with van der Waals surface area (Å²) in [6, 6.07) is 10.2. The number of benzene rings is 2. The first-order chi connectivity index (χ1) is 12.8. The molecule has 0 aliphatic heterocycles. The van der Waals surface area contributed by atoms with Crippen LogP contribution >= 0.6 is 35.3 Å². The van der Waals surface area contributed by atoms with Gasteiger partial charge in [0.2, 0.25) is 0 Å². The van der Waals surface area contributed by atoms with E-state index in [9.17, 15) is 31.6 Å². The van der Waals surface area contributed by atoms with Crippen LogP contribution in [-0.4, -0.2) is 14.7 Å². The van der Waals surface area contributed by atoms with Gasteiger partial charge in [0.25, 0.3) is 5.66 Å². The van der Waals surface area contributed by atoms with Crippen LogP contribution in [0.4, 0.5) is 14.5 Å². The predicted octanol–water partition coefficient (Wildman–Crippen LogP) is -5.18. The molecule has 15 heteroatoms. The minimum absolute atomic E-state index is 0. The second kappa shape index (κ2) is 14.6. The van der Waals surface area contributed by atoms with Gasteiger partial charge in [-0.1, -0.05) is 52.3 Å². The maximum absolute atomic E-state index is 13.7. The molecule has 0 aliphatic carbocycles. The third-order valence-electron chi connectivity index (χ3n) is 3.42. The molecule has 0 fully saturated rings. The van der Waals surface area contributed by atoms with Gasteiger partial charge in [-0.2, -0.15) is 20.5 Å². The minimum Gasteiger partial charge on any atom is -0.806 e. The molecule has 0 aliphatic rings. The van der Waals surface area contributed by atoms with Crippen LogP contribution in [0.25, 0.3) is 4.72 Å². The fraction of sp³-hybridized carbons (Fsp3) is 0.250. The van der Waals surface area contributed by atoms with Gasteiger partial charge in [-0.25, -0.2) is 8.42 Å². The van der Waals surface area contributed by atoms with Crippen LogP contribution in [0.3, 0.4) is 0 Å². The van der Waals surface area contributed by atoms with Crippen molar-refractivity contribution >= 4 is 51.0 Å². The van der Waals surface area contributed by atoms with E-state index >= 15 is 0 Å². The Morgan fingerprint density at radius 1 is 1.06 bits per heavy atom. The van der Waals surface area contributed by atoms with Gasteiger partial charge in [0.05, 0.1) is 10.0 Å². The Bertz CT molecular complexity index is 1030. The normalized spacial score (nSPS) is 11.5. The van der Waals surface area contributed by atoms with Crippen LogP contribution in [0.1, 0.15) is 16.7 Å². The Hall–Kier alpha value is 2.03. The third-order valence-corrected chi connectivity index (χ3v) is 6.62. The second-order valence-corrected chi connectivity index (χ2v) is 10.9. The molecule has 2 aromatic carbocycles. The molecule has 0 N–H and O–H groups in total. The van der Waals surface area contributed by atoms with Crippen molar-refractivity contribution in [1.29, 1.82) is 0 Å². The average Bonchev–Trinajstić information content (AvgIpc) is 2.52. The van der Waals surface area contributed by atoms with Crippen molar-refractivity contribution in [2.75, 3.05) is 6.26 Å². The van der Waals surface area contributed by atoms with Crippen molar-refractivity contribution in [3.05, 3.63) is 68.3 Å². The summed E-state index contributed by atoms with van der Waals surface area (Å²) in [5.41, 5.74) is -3.61. The van der Waals surface area contributed by atoms with E-state index < -0.39 is 28.8 Å². The number of hydrogen-bond donors (Lipinski definition) is 0. The van der Waals surface area contributed by atoms with Crippen molar-refractivity contribution in [1.82, 2.24) is 0 Å². The molecular formula is C16H14BrF2NNa3O5PS2. The number of hydrogen-bond acceptors (Lipinski definition) is 6. The van der Waals surface area contributed by atoms with E-state index in [0.29, 0.717) is 22.8 Å². The summed E-state index contributed by atoms with van der Waals surface area (Å²) in [6.07, 6.45) is 0.998. The molecule has 0 saturated heterocycles. The summed E-state index contributed by atoms with van der Waals surface area (Å²) in [7, 11) is -9.64. The van der Waals surface area contributed by atoms with Crippen LogP contribution < -0.4 is 98.5 Å². The van der Waals surface area contributed by atoms with Crippen molar-refractivity contribution in [2.45, 2.75) is 17.2 Å². The number of halogens is 3. The average molecular weight is 582 g/mol. The molecule has 0 aromatic heterocycles. The molecule has 2 rings (SSSR count).